The van der Waals surface area contributed by atoms with Gasteiger partial charge in [-0.15, -0.1) is 0 Å². The summed E-state index contributed by atoms with van der Waals surface area (Å²) in [6.45, 7) is 2.62. The van der Waals surface area contributed by atoms with E-state index in [0.717, 1.165) is 41.5 Å². The maximum Gasteiger partial charge on any atom is 0.129 e. The van der Waals surface area contributed by atoms with Crippen LogP contribution in [0, 0.1) is 6.92 Å². The molecule has 0 spiro atoms. The number of anilines is 1. The Morgan fingerprint density at radius 2 is 2.00 bits per heavy atom. The second-order valence-corrected chi connectivity index (χ2v) is 6.23. The number of pyridine rings is 1. The van der Waals surface area contributed by atoms with Gasteiger partial charge in [-0.2, -0.15) is 0 Å². The molecule has 100 valence electrons. The number of aryl methyl sites for hydroxylation is 1. The van der Waals surface area contributed by atoms with Crippen LogP contribution >= 0.6 is 15.9 Å². The summed E-state index contributed by atoms with van der Waals surface area (Å²) in [5.41, 5.74) is 0.541. The maximum atomic E-state index is 10.6. The van der Waals surface area contributed by atoms with E-state index in [1.807, 2.05) is 13.0 Å². The van der Waals surface area contributed by atoms with Crippen LogP contribution < -0.4 is 5.32 Å². The van der Waals surface area contributed by atoms with Crippen molar-refractivity contribution in [2.24, 2.45) is 0 Å². The third-order valence-corrected chi connectivity index (χ3v) is 4.10. The van der Waals surface area contributed by atoms with Gasteiger partial charge in [0.2, 0.25) is 0 Å². The normalized spacial score (nSPS) is 19.3. The van der Waals surface area contributed by atoms with Gasteiger partial charge >= 0.3 is 0 Å². The van der Waals surface area contributed by atoms with E-state index in [9.17, 15) is 5.11 Å². The quantitative estimate of drug-likeness (QED) is 0.837. The number of nitrogens with one attached hydrogen (secondary N) is 1. The number of aliphatic hydroxyl groups is 1. The SMILES string of the molecule is Cc1cc(Br)cnc1NCC1(O)CCCCCC1. The molecule has 1 saturated carbocycles. The lowest BCUT2D eigenvalue weighted by molar-refractivity contribution is 0.0380. The molecule has 0 saturated heterocycles. The first-order chi connectivity index (χ1) is 8.59. The van der Waals surface area contributed by atoms with Crippen LogP contribution in [0.4, 0.5) is 5.82 Å². The van der Waals surface area contributed by atoms with Gasteiger partial charge in [0.15, 0.2) is 0 Å². The van der Waals surface area contributed by atoms with Crippen molar-refractivity contribution in [2.75, 3.05) is 11.9 Å². The Balaban J connectivity index is 1.97. The largest absolute Gasteiger partial charge is 0.388 e. The molecular formula is C14H21BrN2O. The lowest BCUT2D eigenvalue weighted by Gasteiger charge is -2.27. The van der Waals surface area contributed by atoms with Crippen molar-refractivity contribution < 1.29 is 5.11 Å². The van der Waals surface area contributed by atoms with Crippen molar-refractivity contribution in [1.82, 2.24) is 4.98 Å². The highest BCUT2D eigenvalue weighted by molar-refractivity contribution is 9.10. The van der Waals surface area contributed by atoms with Crippen LogP contribution in [0.2, 0.25) is 0 Å². The van der Waals surface area contributed by atoms with Crippen LogP contribution in [-0.4, -0.2) is 22.2 Å². The van der Waals surface area contributed by atoms with E-state index >= 15 is 0 Å². The highest BCUT2D eigenvalue weighted by Crippen LogP contribution is 2.27. The van der Waals surface area contributed by atoms with Gasteiger partial charge in [0.05, 0.1) is 5.60 Å². The van der Waals surface area contributed by atoms with Gasteiger partial charge in [-0.05, 0) is 47.3 Å². The van der Waals surface area contributed by atoms with Crippen LogP contribution in [0.15, 0.2) is 16.7 Å². The first kappa shape index (κ1) is 13.8. The highest BCUT2D eigenvalue weighted by Gasteiger charge is 2.27. The predicted octanol–water partition coefficient (Wildman–Crippen LogP) is 3.65. The summed E-state index contributed by atoms with van der Waals surface area (Å²) in [5.74, 6) is 0.871. The molecule has 2 N–H and O–H groups in total. The fourth-order valence-electron chi connectivity index (χ4n) is 2.54. The van der Waals surface area contributed by atoms with E-state index in [-0.39, 0.29) is 0 Å². The average Bonchev–Trinajstić information content (AvgIpc) is 2.54. The second kappa shape index (κ2) is 6.02. The number of aromatic nitrogens is 1. The Bertz CT molecular complexity index is 401. The molecule has 0 aliphatic heterocycles. The Morgan fingerprint density at radius 3 is 2.61 bits per heavy atom. The summed E-state index contributed by atoms with van der Waals surface area (Å²) < 4.78 is 0.985. The third kappa shape index (κ3) is 3.69. The molecule has 1 aromatic heterocycles. The minimum absolute atomic E-state index is 0.558. The van der Waals surface area contributed by atoms with Gasteiger partial charge in [0, 0.05) is 17.2 Å². The van der Waals surface area contributed by atoms with Gasteiger partial charge in [-0.1, -0.05) is 25.7 Å². The molecule has 0 aromatic carbocycles. The summed E-state index contributed by atoms with van der Waals surface area (Å²) >= 11 is 3.41. The monoisotopic (exact) mass is 312 g/mol. The summed E-state index contributed by atoms with van der Waals surface area (Å²) in [7, 11) is 0. The molecule has 1 aromatic rings. The number of nitrogens with zero attached hydrogens (tertiary/aromatic N) is 1. The zero-order valence-corrected chi connectivity index (χ0v) is 12.5. The molecule has 1 aliphatic rings. The van der Waals surface area contributed by atoms with E-state index < -0.39 is 5.60 Å². The van der Waals surface area contributed by atoms with Crippen molar-refractivity contribution in [3.8, 4) is 0 Å². The highest BCUT2D eigenvalue weighted by atomic mass is 79.9. The molecule has 3 nitrogen and oxygen atoms in total. The molecule has 0 unspecified atom stereocenters. The molecule has 2 rings (SSSR count). The lowest BCUT2D eigenvalue weighted by atomic mass is 9.94. The van der Waals surface area contributed by atoms with Gasteiger partial charge in [-0.3, -0.25) is 0 Å². The second-order valence-electron chi connectivity index (χ2n) is 5.31. The van der Waals surface area contributed by atoms with E-state index in [4.69, 9.17) is 0 Å². The molecule has 18 heavy (non-hydrogen) atoms. The molecule has 4 heteroatoms. The summed E-state index contributed by atoms with van der Waals surface area (Å²) in [4.78, 5) is 4.35. The first-order valence-corrected chi connectivity index (χ1v) is 7.47. The number of halogens is 1. The van der Waals surface area contributed by atoms with E-state index in [1.54, 1.807) is 6.20 Å². The van der Waals surface area contributed by atoms with Crippen molar-refractivity contribution in [2.45, 2.75) is 51.0 Å². The van der Waals surface area contributed by atoms with Crippen LogP contribution in [0.5, 0.6) is 0 Å². The molecule has 0 amide bonds. The molecule has 1 fully saturated rings. The van der Waals surface area contributed by atoms with Gasteiger partial charge in [-0.25, -0.2) is 4.98 Å². The van der Waals surface area contributed by atoms with E-state index in [0.29, 0.717) is 6.54 Å². The summed E-state index contributed by atoms with van der Waals surface area (Å²) in [6, 6.07) is 2.03. The Labute approximate surface area is 117 Å². The standard InChI is InChI=1S/C14H21BrN2O/c1-11-8-12(15)9-16-13(11)17-10-14(18)6-4-2-3-5-7-14/h8-9,18H,2-7,10H2,1H3,(H,16,17). The maximum absolute atomic E-state index is 10.6. The van der Waals surface area contributed by atoms with Crippen LogP contribution in [0.25, 0.3) is 0 Å². The molecular weight excluding hydrogens is 292 g/mol. The Kier molecular flexibility index (Phi) is 4.62. The minimum Gasteiger partial charge on any atom is -0.388 e. The molecule has 1 heterocycles. The first-order valence-electron chi connectivity index (χ1n) is 6.67. The zero-order valence-electron chi connectivity index (χ0n) is 10.9. The fourth-order valence-corrected chi connectivity index (χ4v) is 2.98. The van der Waals surface area contributed by atoms with Crippen LogP contribution in [0.1, 0.15) is 44.1 Å². The Hall–Kier alpha value is -0.610. The van der Waals surface area contributed by atoms with E-state index in [2.05, 4.69) is 26.2 Å². The molecule has 1 aliphatic carbocycles. The summed E-state index contributed by atoms with van der Waals surface area (Å²) in [6.07, 6.45) is 8.34. The van der Waals surface area contributed by atoms with Gasteiger partial charge in [0.25, 0.3) is 0 Å². The zero-order chi connectivity index (χ0) is 13.0. The van der Waals surface area contributed by atoms with E-state index in [1.165, 1.54) is 12.8 Å². The minimum atomic E-state index is -0.558. The topological polar surface area (TPSA) is 45.2 Å². The molecule has 0 radical (unpaired) electrons. The van der Waals surface area contributed by atoms with Crippen molar-refractivity contribution >= 4 is 21.7 Å². The smallest absolute Gasteiger partial charge is 0.129 e. The molecule has 0 atom stereocenters. The number of hydrogen-bond acceptors (Lipinski definition) is 3. The molecule has 0 bridgehead atoms. The van der Waals surface area contributed by atoms with Crippen LogP contribution in [-0.2, 0) is 0 Å². The Morgan fingerprint density at radius 1 is 1.33 bits per heavy atom. The van der Waals surface area contributed by atoms with Gasteiger partial charge in [0.1, 0.15) is 5.82 Å². The third-order valence-electron chi connectivity index (χ3n) is 3.66. The van der Waals surface area contributed by atoms with Crippen molar-refractivity contribution in [3.63, 3.8) is 0 Å². The fraction of sp³-hybridized carbons (Fsp3) is 0.643. The number of hydrogen-bond donors (Lipinski definition) is 2. The van der Waals surface area contributed by atoms with Crippen LogP contribution in [0.3, 0.4) is 0 Å². The van der Waals surface area contributed by atoms with Crippen molar-refractivity contribution in [1.29, 1.82) is 0 Å². The average molecular weight is 313 g/mol. The predicted molar refractivity (Wildman–Crippen MR) is 77.8 cm³/mol. The number of rotatable bonds is 3. The lowest BCUT2D eigenvalue weighted by Crippen LogP contribution is -2.36. The summed E-state index contributed by atoms with van der Waals surface area (Å²) in [5, 5.41) is 13.9. The van der Waals surface area contributed by atoms with Crippen molar-refractivity contribution in [3.05, 3.63) is 22.3 Å². The van der Waals surface area contributed by atoms with Gasteiger partial charge < -0.3 is 10.4 Å².